The molecule has 1 aliphatic heterocycles. The number of rotatable bonds is 1. The number of benzene rings is 1. The summed E-state index contributed by atoms with van der Waals surface area (Å²) in [5, 5.41) is 3.44. The number of aromatic nitrogens is 4. The van der Waals surface area contributed by atoms with Crippen molar-refractivity contribution >= 4 is 16.9 Å². The number of nitrogens with one attached hydrogen (secondary N) is 2. The average Bonchev–Trinajstić information content (AvgIpc) is 2.90. The summed E-state index contributed by atoms with van der Waals surface area (Å²) in [4.78, 5) is 16.0. The molecule has 0 aliphatic carbocycles. The van der Waals surface area contributed by atoms with Crippen LogP contribution in [-0.4, -0.2) is 26.5 Å². The second-order valence-corrected chi connectivity index (χ2v) is 4.71. The molecule has 0 atom stereocenters. The van der Waals surface area contributed by atoms with Crippen molar-refractivity contribution in [3.63, 3.8) is 0 Å². The van der Waals surface area contributed by atoms with Crippen LogP contribution in [0, 0.1) is 0 Å². The highest BCUT2D eigenvalue weighted by molar-refractivity contribution is 5.78. The largest absolute Gasteiger partial charge is 0.385 e. The van der Waals surface area contributed by atoms with E-state index >= 15 is 0 Å². The van der Waals surface area contributed by atoms with E-state index in [1.807, 2.05) is 0 Å². The summed E-state index contributed by atoms with van der Waals surface area (Å²) in [5.41, 5.74) is 5.30. The molecule has 5 heteroatoms. The van der Waals surface area contributed by atoms with Gasteiger partial charge in [0.25, 0.3) is 0 Å². The summed E-state index contributed by atoms with van der Waals surface area (Å²) in [6.07, 6.45) is 5.52. The van der Waals surface area contributed by atoms with E-state index in [0.717, 1.165) is 36.3 Å². The second kappa shape index (κ2) is 4.05. The molecule has 5 nitrogen and oxygen atoms in total. The van der Waals surface area contributed by atoms with Gasteiger partial charge >= 0.3 is 0 Å². The maximum absolute atomic E-state index is 4.56. The van der Waals surface area contributed by atoms with Crippen molar-refractivity contribution < 1.29 is 0 Å². The summed E-state index contributed by atoms with van der Waals surface area (Å²) in [7, 11) is 0. The van der Waals surface area contributed by atoms with Crippen molar-refractivity contribution in [3.05, 3.63) is 36.3 Å². The first kappa shape index (κ1) is 10.5. The summed E-state index contributed by atoms with van der Waals surface area (Å²) in [6.45, 7) is 1.04. The zero-order chi connectivity index (χ0) is 12.7. The quantitative estimate of drug-likeness (QED) is 0.697. The zero-order valence-corrected chi connectivity index (χ0v) is 10.3. The minimum absolute atomic E-state index is 0.714. The number of aromatic amines is 1. The Balaban J connectivity index is 1.92. The molecule has 0 bridgehead atoms. The number of H-pyrrole nitrogens is 1. The first-order valence-electron chi connectivity index (χ1n) is 6.44. The molecule has 1 aliphatic rings. The normalized spacial score (nSPS) is 14.1. The van der Waals surface area contributed by atoms with E-state index in [1.54, 1.807) is 6.20 Å². The SMILES string of the molecule is c1cc2c(c(-c3nc4ncncc4[nH]3)c1)CCCN2. The molecule has 3 aromatic rings. The van der Waals surface area contributed by atoms with E-state index in [9.17, 15) is 0 Å². The average molecular weight is 251 g/mol. The van der Waals surface area contributed by atoms with Crippen molar-refractivity contribution in [2.45, 2.75) is 12.8 Å². The van der Waals surface area contributed by atoms with Gasteiger partial charge in [-0.1, -0.05) is 12.1 Å². The third-order valence-electron chi connectivity index (χ3n) is 3.51. The Bertz CT molecular complexity index is 713. The van der Waals surface area contributed by atoms with E-state index in [0.29, 0.717) is 5.65 Å². The van der Waals surface area contributed by atoms with Crippen LogP contribution >= 0.6 is 0 Å². The number of anilines is 1. The molecule has 94 valence electrons. The molecule has 0 fully saturated rings. The Kier molecular flexibility index (Phi) is 2.24. The standard InChI is InChI=1S/C14H13N5/c1-3-10(9-4-2-6-16-11(9)5-1)13-18-12-7-15-8-17-14(12)19-13/h1,3,5,7-8,16H,2,4,6H2,(H,15,17,18,19). The van der Waals surface area contributed by atoms with Gasteiger partial charge in [0.2, 0.25) is 0 Å². The zero-order valence-electron chi connectivity index (χ0n) is 10.3. The van der Waals surface area contributed by atoms with Crippen LogP contribution in [0.3, 0.4) is 0 Å². The fourth-order valence-electron chi connectivity index (χ4n) is 2.62. The van der Waals surface area contributed by atoms with E-state index in [-0.39, 0.29) is 0 Å². The molecular formula is C14H13N5. The van der Waals surface area contributed by atoms with Gasteiger partial charge in [-0.15, -0.1) is 0 Å². The van der Waals surface area contributed by atoms with Gasteiger partial charge in [-0.25, -0.2) is 15.0 Å². The number of hydrogen-bond acceptors (Lipinski definition) is 4. The van der Waals surface area contributed by atoms with Crippen LogP contribution in [0.25, 0.3) is 22.6 Å². The molecule has 0 spiro atoms. The Labute approximate surface area is 110 Å². The predicted molar refractivity (Wildman–Crippen MR) is 73.9 cm³/mol. The second-order valence-electron chi connectivity index (χ2n) is 4.71. The van der Waals surface area contributed by atoms with Gasteiger partial charge in [-0.3, -0.25) is 0 Å². The Morgan fingerprint density at radius 3 is 3.16 bits per heavy atom. The van der Waals surface area contributed by atoms with Gasteiger partial charge in [0.1, 0.15) is 17.7 Å². The first-order chi connectivity index (χ1) is 9.42. The van der Waals surface area contributed by atoms with Crippen molar-refractivity contribution in [2.75, 3.05) is 11.9 Å². The maximum atomic E-state index is 4.56. The maximum Gasteiger partial charge on any atom is 0.181 e. The van der Waals surface area contributed by atoms with E-state index in [2.05, 4.69) is 43.5 Å². The molecule has 0 unspecified atom stereocenters. The topological polar surface area (TPSA) is 66.5 Å². The van der Waals surface area contributed by atoms with Gasteiger partial charge < -0.3 is 10.3 Å². The van der Waals surface area contributed by atoms with Crippen LogP contribution in [0.4, 0.5) is 5.69 Å². The molecule has 3 heterocycles. The van der Waals surface area contributed by atoms with Crippen LogP contribution in [0.15, 0.2) is 30.7 Å². The van der Waals surface area contributed by atoms with Gasteiger partial charge in [0.05, 0.1) is 6.20 Å². The van der Waals surface area contributed by atoms with Crippen LogP contribution in [-0.2, 0) is 6.42 Å². The molecule has 1 aromatic carbocycles. The van der Waals surface area contributed by atoms with Crippen molar-refractivity contribution in [2.24, 2.45) is 0 Å². The number of imidazole rings is 1. The molecule has 2 N–H and O–H groups in total. The van der Waals surface area contributed by atoms with Crippen molar-refractivity contribution in [1.29, 1.82) is 0 Å². The molecule has 2 aromatic heterocycles. The molecule has 0 amide bonds. The third kappa shape index (κ3) is 1.66. The van der Waals surface area contributed by atoms with E-state index < -0.39 is 0 Å². The number of hydrogen-bond donors (Lipinski definition) is 2. The highest BCUT2D eigenvalue weighted by Gasteiger charge is 2.16. The molecule has 0 radical (unpaired) electrons. The summed E-state index contributed by atoms with van der Waals surface area (Å²) < 4.78 is 0. The van der Waals surface area contributed by atoms with Crippen LogP contribution < -0.4 is 5.32 Å². The molecular weight excluding hydrogens is 238 g/mol. The van der Waals surface area contributed by atoms with E-state index in [1.165, 1.54) is 17.6 Å². The fraction of sp³-hybridized carbons (Fsp3) is 0.214. The van der Waals surface area contributed by atoms with Crippen LogP contribution in [0.2, 0.25) is 0 Å². The van der Waals surface area contributed by atoms with E-state index in [4.69, 9.17) is 0 Å². The third-order valence-corrected chi connectivity index (χ3v) is 3.51. The monoisotopic (exact) mass is 251 g/mol. The Morgan fingerprint density at radius 2 is 2.21 bits per heavy atom. The lowest BCUT2D eigenvalue weighted by Gasteiger charge is -2.20. The molecule has 0 saturated carbocycles. The van der Waals surface area contributed by atoms with Gasteiger partial charge in [0, 0.05) is 17.8 Å². The number of nitrogens with zero attached hydrogens (tertiary/aromatic N) is 3. The predicted octanol–water partition coefficient (Wildman–Crippen LogP) is 2.38. The van der Waals surface area contributed by atoms with Gasteiger partial charge in [0.15, 0.2) is 5.65 Å². The molecule has 19 heavy (non-hydrogen) atoms. The summed E-state index contributed by atoms with van der Waals surface area (Å²) in [6, 6.07) is 6.29. The molecule has 0 saturated heterocycles. The van der Waals surface area contributed by atoms with Crippen LogP contribution in [0.1, 0.15) is 12.0 Å². The lowest BCUT2D eigenvalue weighted by atomic mass is 9.97. The lowest BCUT2D eigenvalue weighted by molar-refractivity contribution is 0.831. The highest BCUT2D eigenvalue weighted by Crippen LogP contribution is 2.31. The summed E-state index contributed by atoms with van der Waals surface area (Å²) >= 11 is 0. The van der Waals surface area contributed by atoms with Gasteiger partial charge in [-0.05, 0) is 24.5 Å². The fourth-order valence-corrected chi connectivity index (χ4v) is 2.62. The smallest absolute Gasteiger partial charge is 0.181 e. The summed E-state index contributed by atoms with van der Waals surface area (Å²) in [5.74, 6) is 0.871. The Morgan fingerprint density at radius 1 is 1.21 bits per heavy atom. The first-order valence-corrected chi connectivity index (χ1v) is 6.44. The van der Waals surface area contributed by atoms with Crippen LogP contribution in [0.5, 0.6) is 0 Å². The van der Waals surface area contributed by atoms with Crippen molar-refractivity contribution in [1.82, 2.24) is 19.9 Å². The number of fused-ring (bicyclic) bond motifs is 2. The van der Waals surface area contributed by atoms with Gasteiger partial charge in [-0.2, -0.15) is 0 Å². The van der Waals surface area contributed by atoms with Crippen molar-refractivity contribution in [3.8, 4) is 11.4 Å². The lowest BCUT2D eigenvalue weighted by Crippen LogP contribution is -2.12. The Hall–Kier alpha value is -2.43. The minimum Gasteiger partial charge on any atom is -0.385 e. The minimum atomic E-state index is 0.714. The highest BCUT2D eigenvalue weighted by atomic mass is 15.0. The molecule has 4 rings (SSSR count).